The average molecular weight is 515 g/mol. The van der Waals surface area contributed by atoms with E-state index in [0.29, 0.717) is 5.56 Å². The standard InChI is InChI=1S/C24H19FN2O6S2/c1-16-3-11-21(12-4-16)35(31,32)33-23-22(17-5-13-20(14-6-17)34(2,29)30)15-26-27(24(23)28)19-9-7-18(25)8-10-19/h3-15H,1-2H3. The summed E-state index contributed by atoms with van der Waals surface area (Å²) < 4.78 is 69.2. The predicted molar refractivity (Wildman–Crippen MR) is 127 cm³/mol. The highest BCUT2D eigenvalue weighted by atomic mass is 32.2. The first-order valence-corrected chi connectivity index (χ1v) is 13.5. The molecule has 180 valence electrons. The summed E-state index contributed by atoms with van der Waals surface area (Å²) in [6.45, 7) is 1.79. The van der Waals surface area contributed by atoms with Crippen LogP contribution in [-0.4, -0.2) is 32.9 Å². The van der Waals surface area contributed by atoms with Gasteiger partial charge in [-0.3, -0.25) is 4.79 Å². The number of hydrogen-bond acceptors (Lipinski definition) is 7. The molecule has 0 amide bonds. The van der Waals surface area contributed by atoms with Crippen molar-refractivity contribution in [2.45, 2.75) is 16.7 Å². The molecule has 0 bridgehead atoms. The van der Waals surface area contributed by atoms with Crippen molar-refractivity contribution in [3.8, 4) is 22.6 Å². The lowest BCUT2D eigenvalue weighted by Crippen LogP contribution is -2.25. The summed E-state index contributed by atoms with van der Waals surface area (Å²) in [6, 6.07) is 16.2. The van der Waals surface area contributed by atoms with Gasteiger partial charge in [-0.15, -0.1) is 0 Å². The molecule has 0 saturated carbocycles. The second-order valence-electron chi connectivity index (χ2n) is 7.73. The van der Waals surface area contributed by atoms with Gasteiger partial charge in [0.15, 0.2) is 9.84 Å². The van der Waals surface area contributed by atoms with E-state index in [2.05, 4.69) is 5.10 Å². The normalized spacial score (nSPS) is 11.9. The summed E-state index contributed by atoms with van der Waals surface area (Å²) in [7, 11) is -7.89. The molecule has 4 rings (SSSR count). The molecule has 0 spiro atoms. The topological polar surface area (TPSA) is 112 Å². The van der Waals surface area contributed by atoms with Crippen LogP contribution in [0.1, 0.15) is 5.56 Å². The third kappa shape index (κ3) is 5.15. The smallest absolute Gasteiger partial charge is 0.339 e. The second kappa shape index (κ2) is 9.08. The Labute approximate surface area is 201 Å². The van der Waals surface area contributed by atoms with E-state index >= 15 is 0 Å². The molecular weight excluding hydrogens is 495 g/mol. The molecule has 1 heterocycles. The number of rotatable bonds is 6. The molecule has 0 fully saturated rings. The Morgan fingerprint density at radius 3 is 1.97 bits per heavy atom. The first kappa shape index (κ1) is 24.3. The van der Waals surface area contributed by atoms with Crippen LogP contribution in [0.2, 0.25) is 0 Å². The summed E-state index contributed by atoms with van der Waals surface area (Å²) in [5, 5.41) is 4.09. The van der Waals surface area contributed by atoms with Gasteiger partial charge in [-0.2, -0.15) is 18.2 Å². The molecule has 1 aromatic heterocycles. The molecule has 0 atom stereocenters. The fourth-order valence-electron chi connectivity index (χ4n) is 3.23. The molecular formula is C24H19FN2O6S2. The number of hydrogen-bond donors (Lipinski definition) is 0. The fraction of sp³-hybridized carbons (Fsp3) is 0.0833. The zero-order valence-corrected chi connectivity index (χ0v) is 20.2. The second-order valence-corrected chi connectivity index (χ2v) is 11.3. The zero-order valence-electron chi connectivity index (χ0n) is 18.5. The third-order valence-electron chi connectivity index (χ3n) is 5.10. The highest BCUT2D eigenvalue weighted by molar-refractivity contribution is 7.90. The number of nitrogens with zero attached hydrogens (tertiary/aromatic N) is 2. The molecule has 4 aromatic rings. The van der Waals surface area contributed by atoms with Gasteiger partial charge < -0.3 is 4.18 Å². The summed E-state index contributed by atoms with van der Waals surface area (Å²) in [6.07, 6.45) is 2.27. The Hall–Kier alpha value is -3.83. The van der Waals surface area contributed by atoms with Crippen molar-refractivity contribution >= 4 is 20.0 Å². The average Bonchev–Trinajstić information content (AvgIpc) is 2.81. The van der Waals surface area contributed by atoms with Crippen LogP contribution in [0.15, 0.2) is 93.6 Å². The molecule has 0 aliphatic carbocycles. The zero-order chi connectivity index (χ0) is 25.4. The predicted octanol–water partition coefficient (Wildman–Crippen LogP) is 3.52. The lowest BCUT2D eigenvalue weighted by atomic mass is 10.1. The van der Waals surface area contributed by atoms with Gasteiger partial charge in [0.05, 0.1) is 22.3 Å². The Kier molecular flexibility index (Phi) is 6.30. The Morgan fingerprint density at radius 2 is 1.40 bits per heavy atom. The Bertz CT molecular complexity index is 1660. The van der Waals surface area contributed by atoms with Crippen molar-refractivity contribution in [1.29, 1.82) is 0 Å². The SMILES string of the molecule is Cc1ccc(S(=O)(=O)Oc2c(-c3ccc(S(C)(=O)=O)cc3)cnn(-c3ccc(F)cc3)c2=O)cc1. The van der Waals surface area contributed by atoms with Crippen LogP contribution in [0.4, 0.5) is 4.39 Å². The summed E-state index contributed by atoms with van der Waals surface area (Å²) in [4.78, 5) is 13.2. The van der Waals surface area contributed by atoms with Gasteiger partial charge in [0.1, 0.15) is 10.7 Å². The van der Waals surface area contributed by atoms with E-state index in [1.165, 1.54) is 54.7 Å². The van der Waals surface area contributed by atoms with E-state index in [1.807, 2.05) is 0 Å². The highest BCUT2D eigenvalue weighted by Gasteiger charge is 2.24. The van der Waals surface area contributed by atoms with E-state index in [-0.39, 0.29) is 21.0 Å². The minimum atomic E-state index is -4.42. The minimum Gasteiger partial charge on any atom is -0.372 e. The van der Waals surface area contributed by atoms with Crippen LogP contribution in [0.5, 0.6) is 5.75 Å². The van der Waals surface area contributed by atoms with Crippen LogP contribution in [-0.2, 0) is 20.0 Å². The van der Waals surface area contributed by atoms with E-state index in [4.69, 9.17) is 4.18 Å². The Balaban J connectivity index is 1.89. The van der Waals surface area contributed by atoms with E-state index in [0.717, 1.165) is 28.6 Å². The van der Waals surface area contributed by atoms with Crippen molar-refractivity contribution in [2.75, 3.05) is 6.26 Å². The molecule has 35 heavy (non-hydrogen) atoms. The minimum absolute atomic E-state index is 0.0316. The largest absolute Gasteiger partial charge is 0.372 e. The monoisotopic (exact) mass is 514 g/mol. The molecule has 3 aromatic carbocycles. The van der Waals surface area contributed by atoms with Gasteiger partial charge in [0.2, 0.25) is 5.75 Å². The molecule has 0 radical (unpaired) electrons. The van der Waals surface area contributed by atoms with Gasteiger partial charge in [0, 0.05) is 6.26 Å². The number of aryl methyl sites for hydroxylation is 1. The lowest BCUT2D eigenvalue weighted by Gasteiger charge is -2.14. The first-order chi connectivity index (χ1) is 16.5. The molecule has 0 aliphatic heterocycles. The van der Waals surface area contributed by atoms with Crippen LogP contribution in [0.25, 0.3) is 16.8 Å². The summed E-state index contributed by atoms with van der Waals surface area (Å²) >= 11 is 0. The highest BCUT2D eigenvalue weighted by Crippen LogP contribution is 2.30. The fourth-order valence-corrected chi connectivity index (χ4v) is 4.81. The molecule has 11 heteroatoms. The van der Waals surface area contributed by atoms with Crippen molar-refractivity contribution in [1.82, 2.24) is 9.78 Å². The maximum Gasteiger partial charge on any atom is 0.339 e. The van der Waals surface area contributed by atoms with E-state index < -0.39 is 37.1 Å². The summed E-state index contributed by atoms with van der Waals surface area (Å²) in [5.74, 6) is -1.07. The van der Waals surface area contributed by atoms with Gasteiger partial charge >= 0.3 is 15.7 Å². The van der Waals surface area contributed by atoms with Crippen LogP contribution in [0, 0.1) is 12.7 Å². The molecule has 0 N–H and O–H groups in total. The number of benzene rings is 3. The van der Waals surface area contributed by atoms with Crippen molar-refractivity contribution < 1.29 is 25.4 Å². The maximum atomic E-state index is 13.4. The van der Waals surface area contributed by atoms with Gasteiger partial charge in [-0.25, -0.2) is 12.8 Å². The molecule has 8 nitrogen and oxygen atoms in total. The van der Waals surface area contributed by atoms with Crippen LogP contribution >= 0.6 is 0 Å². The molecule has 0 unspecified atom stereocenters. The third-order valence-corrected chi connectivity index (χ3v) is 7.46. The Morgan fingerprint density at radius 1 is 0.829 bits per heavy atom. The van der Waals surface area contributed by atoms with Gasteiger partial charge in [-0.1, -0.05) is 29.8 Å². The van der Waals surface area contributed by atoms with Crippen LogP contribution < -0.4 is 9.74 Å². The molecule has 0 saturated heterocycles. The number of halogens is 1. The number of sulfone groups is 1. The first-order valence-electron chi connectivity index (χ1n) is 10.2. The van der Waals surface area contributed by atoms with Crippen molar-refractivity contribution in [3.63, 3.8) is 0 Å². The summed E-state index contributed by atoms with van der Waals surface area (Å²) in [5.41, 5.74) is 0.453. The lowest BCUT2D eigenvalue weighted by molar-refractivity contribution is 0.479. The quantitative estimate of drug-likeness (QED) is 0.362. The van der Waals surface area contributed by atoms with Crippen LogP contribution in [0.3, 0.4) is 0 Å². The maximum absolute atomic E-state index is 13.4. The number of aromatic nitrogens is 2. The van der Waals surface area contributed by atoms with Crippen molar-refractivity contribution in [3.05, 3.63) is 101 Å². The van der Waals surface area contributed by atoms with Gasteiger partial charge in [0.25, 0.3) is 0 Å². The van der Waals surface area contributed by atoms with Crippen molar-refractivity contribution in [2.24, 2.45) is 0 Å². The molecule has 0 aliphatic rings. The van der Waals surface area contributed by atoms with E-state index in [1.54, 1.807) is 19.1 Å². The van der Waals surface area contributed by atoms with E-state index in [9.17, 15) is 26.0 Å². The van der Waals surface area contributed by atoms with Gasteiger partial charge in [-0.05, 0) is 61.0 Å².